The molecule has 0 aliphatic carbocycles. The quantitative estimate of drug-likeness (QED) is 0.341. The lowest BCUT2D eigenvalue weighted by molar-refractivity contribution is -0.384. The third kappa shape index (κ3) is 3.44. The minimum Gasteiger partial charge on any atom is -0.288 e. The SMILES string of the molecule is O=c1c2ccccc2nc(-c2ccc(Br)cc2)n1Cc1cccc([N+](=O)[O-])c1. The van der Waals surface area contributed by atoms with Gasteiger partial charge in [-0.3, -0.25) is 19.5 Å². The number of rotatable bonds is 4. The first-order valence-corrected chi connectivity index (χ1v) is 9.31. The first kappa shape index (κ1) is 18.1. The second kappa shape index (κ2) is 7.36. The second-order valence-electron chi connectivity index (χ2n) is 6.28. The predicted molar refractivity (Wildman–Crippen MR) is 111 cm³/mol. The Balaban J connectivity index is 1.92. The van der Waals surface area contributed by atoms with E-state index in [2.05, 4.69) is 15.9 Å². The van der Waals surface area contributed by atoms with Crippen LogP contribution in [0.15, 0.2) is 82.1 Å². The van der Waals surface area contributed by atoms with Gasteiger partial charge in [0, 0.05) is 22.2 Å². The highest BCUT2D eigenvalue weighted by atomic mass is 79.9. The fourth-order valence-electron chi connectivity index (χ4n) is 3.09. The largest absolute Gasteiger partial charge is 0.288 e. The minimum absolute atomic E-state index is 0.00973. The number of halogens is 1. The zero-order chi connectivity index (χ0) is 19.7. The number of hydrogen-bond acceptors (Lipinski definition) is 4. The van der Waals surface area contributed by atoms with Crippen LogP contribution in [0.2, 0.25) is 0 Å². The molecule has 0 saturated carbocycles. The minimum atomic E-state index is -0.444. The molecule has 0 aliphatic heterocycles. The van der Waals surface area contributed by atoms with Gasteiger partial charge in [-0.25, -0.2) is 4.98 Å². The Morgan fingerprint density at radius 1 is 1.00 bits per heavy atom. The van der Waals surface area contributed by atoms with Crippen molar-refractivity contribution in [2.45, 2.75) is 6.54 Å². The number of nitro groups is 1. The van der Waals surface area contributed by atoms with Gasteiger partial charge in [0.25, 0.3) is 11.2 Å². The number of nitrogens with zero attached hydrogens (tertiary/aromatic N) is 3. The normalized spacial score (nSPS) is 10.9. The molecule has 1 heterocycles. The van der Waals surface area contributed by atoms with E-state index < -0.39 is 4.92 Å². The lowest BCUT2D eigenvalue weighted by Crippen LogP contribution is -2.24. The van der Waals surface area contributed by atoms with Crippen molar-refractivity contribution in [2.24, 2.45) is 0 Å². The van der Waals surface area contributed by atoms with Gasteiger partial charge in [0.05, 0.1) is 22.4 Å². The first-order chi connectivity index (χ1) is 13.5. The standard InChI is InChI=1S/C21H14BrN3O3/c22-16-10-8-15(9-11-16)20-23-19-7-2-1-6-18(19)21(26)24(20)13-14-4-3-5-17(12-14)25(27)28/h1-12H,13H2. The van der Waals surface area contributed by atoms with Gasteiger partial charge >= 0.3 is 0 Å². The second-order valence-corrected chi connectivity index (χ2v) is 7.19. The van der Waals surface area contributed by atoms with Crippen LogP contribution in [-0.4, -0.2) is 14.5 Å². The van der Waals surface area contributed by atoms with E-state index in [0.717, 1.165) is 10.0 Å². The van der Waals surface area contributed by atoms with Crippen molar-refractivity contribution in [3.63, 3.8) is 0 Å². The van der Waals surface area contributed by atoms with E-state index in [9.17, 15) is 14.9 Å². The van der Waals surface area contributed by atoms with E-state index in [1.54, 1.807) is 34.9 Å². The Hall–Kier alpha value is -3.32. The Bertz CT molecular complexity index is 1250. The van der Waals surface area contributed by atoms with Gasteiger partial charge in [0.2, 0.25) is 0 Å². The zero-order valence-electron chi connectivity index (χ0n) is 14.6. The predicted octanol–water partition coefficient (Wildman–Crippen LogP) is 4.78. The summed E-state index contributed by atoms with van der Waals surface area (Å²) in [6.45, 7) is 0.184. The summed E-state index contributed by atoms with van der Waals surface area (Å²) in [7, 11) is 0. The molecule has 6 nitrogen and oxygen atoms in total. The summed E-state index contributed by atoms with van der Waals surface area (Å²) in [5.74, 6) is 0.516. The third-order valence-corrected chi connectivity index (χ3v) is 4.95. The molecule has 0 radical (unpaired) electrons. The molecule has 4 rings (SSSR count). The lowest BCUT2D eigenvalue weighted by atomic mass is 10.1. The Morgan fingerprint density at radius 2 is 1.75 bits per heavy atom. The molecule has 4 aromatic rings. The van der Waals surface area contributed by atoms with Crippen LogP contribution in [0.1, 0.15) is 5.56 Å². The molecule has 7 heteroatoms. The number of fused-ring (bicyclic) bond motifs is 1. The Morgan fingerprint density at radius 3 is 2.50 bits per heavy atom. The van der Waals surface area contributed by atoms with Crippen LogP contribution in [0.3, 0.4) is 0 Å². The van der Waals surface area contributed by atoms with Crippen molar-refractivity contribution >= 4 is 32.5 Å². The molecule has 0 unspecified atom stereocenters. The van der Waals surface area contributed by atoms with Crippen LogP contribution in [0.5, 0.6) is 0 Å². The van der Waals surface area contributed by atoms with Crippen LogP contribution < -0.4 is 5.56 Å². The van der Waals surface area contributed by atoms with Gasteiger partial charge < -0.3 is 0 Å². The Labute approximate surface area is 168 Å². The molecule has 0 bridgehead atoms. The summed E-state index contributed by atoms with van der Waals surface area (Å²) in [5, 5.41) is 11.6. The van der Waals surface area contributed by atoms with Crippen molar-refractivity contribution in [3.8, 4) is 11.4 Å². The molecule has 0 amide bonds. The molecular weight excluding hydrogens is 422 g/mol. The van der Waals surface area contributed by atoms with Gasteiger partial charge in [-0.05, 0) is 29.8 Å². The summed E-state index contributed by atoms with van der Waals surface area (Å²) >= 11 is 3.41. The molecule has 0 saturated heterocycles. The first-order valence-electron chi connectivity index (χ1n) is 8.52. The van der Waals surface area contributed by atoms with Crippen molar-refractivity contribution < 1.29 is 4.92 Å². The average Bonchev–Trinajstić information content (AvgIpc) is 2.71. The maximum atomic E-state index is 13.2. The van der Waals surface area contributed by atoms with Gasteiger partial charge in [-0.1, -0.05) is 52.3 Å². The van der Waals surface area contributed by atoms with E-state index >= 15 is 0 Å². The molecule has 0 fully saturated rings. The molecule has 0 aliphatic rings. The summed E-state index contributed by atoms with van der Waals surface area (Å²) in [4.78, 5) is 28.5. The van der Waals surface area contributed by atoms with Gasteiger partial charge in [0.1, 0.15) is 5.82 Å². The number of aromatic nitrogens is 2. The fraction of sp³-hybridized carbons (Fsp3) is 0.0476. The van der Waals surface area contributed by atoms with Gasteiger partial charge in [0.15, 0.2) is 0 Å². The van der Waals surface area contributed by atoms with Crippen LogP contribution in [-0.2, 0) is 6.54 Å². The maximum absolute atomic E-state index is 13.2. The summed E-state index contributed by atoms with van der Waals surface area (Å²) in [6.07, 6.45) is 0. The third-order valence-electron chi connectivity index (χ3n) is 4.43. The van der Waals surface area contributed by atoms with E-state index in [1.165, 1.54) is 12.1 Å². The van der Waals surface area contributed by atoms with Crippen molar-refractivity contribution in [3.05, 3.63) is 103 Å². The van der Waals surface area contributed by atoms with Crippen molar-refractivity contribution in [1.82, 2.24) is 9.55 Å². The highest BCUT2D eigenvalue weighted by molar-refractivity contribution is 9.10. The van der Waals surface area contributed by atoms with E-state index in [-0.39, 0.29) is 17.8 Å². The number of hydrogen-bond donors (Lipinski definition) is 0. The zero-order valence-corrected chi connectivity index (χ0v) is 16.2. The van der Waals surface area contributed by atoms with Gasteiger partial charge in [-0.2, -0.15) is 0 Å². The molecule has 3 aromatic carbocycles. The summed E-state index contributed by atoms with van der Waals surface area (Å²) in [6, 6.07) is 21.0. The fourth-order valence-corrected chi connectivity index (χ4v) is 3.35. The lowest BCUT2D eigenvalue weighted by Gasteiger charge is -2.14. The molecule has 0 spiro atoms. The highest BCUT2D eigenvalue weighted by Crippen LogP contribution is 2.23. The Kier molecular flexibility index (Phi) is 4.75. The van der Waals surface area contributed by atoms with Crippen LogP contribution >= 0.6 is 15.9 Å². The van der Waals surface area contributed by atoms with E-state index in [1.807, 2.05) is 30.3 Å². The van der Waals surface area contributed by atoms with Crippen molar-refractivity contribution in [2.75, 3.05) is 0 Å². The molecule has 0 atom stereocenters. The van der Waals surface area contributed by atoms with Crippen LogP contribution in [0, 0.1) is 10.1 Å². The van der Waals surface area contributed by atoms with E-state index in [0.29, 0.717) is 22.3 Å². The highest BCUT2D eigenvalue weighted by Gasteiger charge is 2.14. The number of para-hydroxylation sites is 1. The topological polar surface area (TPSA) is 78.0 Å². The summed E-state index contributed by atoms with van der Waals surface area (Å²) in [5.41, 5.74) is 1.86. The molecule has 1 aromatic heterocycles. The monoisotopic (exact) mass is 435 g/mol. The average molecular weight is 436 g/mol. The van der Waals surface area contributed by atoms with Crippen LogP contribution in [0.4, 0.5) is 5.69 Å². The summed E-state index contributed by atoms with van der Waals surface area (Å²) < 4.78 is 2.48. The molecular formula is C21H14BrN3O3. The van der Waals surface area contributed by atoms with E-state index in [4.69, 9.17) is 4.98 Å². The van der Waals surface area contributed by atoms with Crippen molar-refractivity contribution in [1.29, 1.82) is 0 Å². The maximum Gasteiger partial charge on any atom is 0.269 e. The molecule has 28 heavy (non-hydrogen) atoms. The molecule has 0 N–H and O–H groups in total. The van der Waals surface area contributed by atoms with Gasteiger partial charge in [-0.15, -0.1) is 0 Å². The number of benzene rings is 3. The number of non-ortho nitro benzene ring substituents is 1. The van der Waals surface area contributed by atoms with Crippen LogP contribution in [0.25, 0.3) is 22.3 Å². The number of nitro benzene ring substituents is 1. The molecule has 138 valence electrons. The smallest absolute Gasteiger partial charge is 0.269 e.